The number of benzene rings is 1. The van der Waals surface area contributed by atoms with Crippen molar-refractivity contribution in [3.05, 3.63) is 30.5 Å². The van der Waals surface area contributed by atoms with E-state index in [2.05, 4.69) is 60.9 Å². The molecule has 1 aromatic carbocycles. The molecule has 3 heteroatoms. The molecule has 102 valence electrons. The topological polar surface area (TPSA) is 17.4 Å². The third-order valence-corrected chi connectivity index (χ3v) is 3.91. The van der Waals surface area contributed by atoms with E-state index in [1.165, 1.54) is 23.7 Å². The van der Waals surface area contributed by atoms with Crippen LogP contribution in [0.1, 0.15) is 19.8 Å². The molecule has 1 aliphatic rings. The highest BCUT2D eigenvalue weighted by Crippen LogP contribution is 2.29. The first-order chi connectivity index (χ1) is 9.13. The number of likely N-dealkylation sites (N-methyl/N-ethyl adjacent to an activating group) is 1. The number of fused-ring (bicyclic) bond motifs is 1. The molecule has 0 bridgehead atoms. The van der Waals surface area contributed by atoms with Gasteiger partial charge in [0.15, 0.2) is 0 Å². The van der Waals surface area contributed by atoms with Gasteiger partial charge in [-0.1, -0.05) is 0 Å². The number of rotatable bonds is 5. The van der Waals surface area contributed by atoms with Crippen LogP contribution in [-0.4, -0.2) is 35.7 Å². The summed E-state index contributed by atoms with van der Waals surface area (Å²) in [6, 6.07) is 9.13. The standard InChI is InChI=1S/C16H22N2O/c1-12(17(2)3)11-18-9-8-13-10-15(6-7-16(13)18)19-14-4-5-14/h6-10,12,14H,4-5,11H2,1-3H3/t12-/m1/s1. The van der Waals surface area contributed by atoms with Crippen LogP contribution in [0.25, 0.3) is 10.9 Å². The molecule has 1 atom stereocenters. The van der Waals surface area contributed by atoms with E-state index in [0.717, 1.165) is 12.3 Å². The van der Waals surface area contributed by atoms with Crippen molar-refractivity contribution >= 4 is 10.9 Å². The van der Waals surface area contributed by atoms with Crippen LogP contribution in [0.4, 0.5) is 0 Å². The fourth-order valence-corrected chi connectivity index (χ4v) is 2.24. The molecule has 1 fully saturated rings. The SMILES string of the molecule is C[C@H](Cn1ccc2cc(OC3CC3)ccc21)N(C)C. The maximum absolute atomic E-state index is 5.84. The van der Waals surface area contributed by atoms with Crippen LogP contribution in [-0.2, 0) is 6.54 Å². The van der Waals surface area contributed by atoms with Crippen LogP contribution in [0, 0.1) is 0 Å². The molecule has 1 aliphatic carbocycles. The van der Waals surface area contributed by atoms with Gasteiger partial charge in [0, 0.05) is 29.7 Å². The highest BCUT2D eigenvalue weighted by Gasteiger charge is 2.23. The molecule has 0 unspecified atom stereocenters. The lowest BCUT2D eigenvalue weighted by Crippen LogP contribution is -2.28. The van der Waals surface area contributed by atoms with Gasteiger partial charge < -0.3 is 14.2 Å². The van der Waals surface area contributed by atoms with Gasteiger partial charge in [-0.2, -0.15) is 0 Å². The molecule has 2 aromatic rings. The maximum atomic E-state index is 5.84. The number of hydrogen-bond donors (Lipinski definition) is 0. The van der Waals surface area contributed by atoms with E-state index in [9.17, 15) is 0 Å². The summed E-state index contributed by atoms with van der Waals surface area (Å²) in [7, 11) is 4.25. The quantitative estimate of drug-likeness (QED) is 0.819. The van der Waals surface area contributed by atoms with E-state index in [4.69, 9.17) is 4.74 Å². The van der Waals surface area contributed by atoms with Crippen molar-refractivity contribution in [2.75, 3.05) is 14.1 Å². The fraction of sp³-hybridized carbons (Fsp3) is 0.500. The van der Waals surface area contributed by atoms with E-state index in [0.29, 0.717) is 12.1 Å². The van der Waals surface area contributed by atoms with Gasteiger partial charge in [0.2, 0.25) is 0 Å². The Labute approximate surface area is 114 Å². The third kappa shape index (κ3) is 2.76. The molecule has 19 heavy (non-hydrogen) atoms. The van der Waals surface area contributed by atoms with Crippen LogP contribution < -0.4 is 4.74 Å². The van der Waals surface area contributed by atoms with Gasteiger partial charge in [0.05, 0.1) is 6.10 Å². The molecule has 3 rings (SSSR count). The van der Waals surface area contributed by atoms with Crippen LogP contribution in [0.2, 0.25) is 0 Å². The second-order valence-corrected chi connectivity index (χ2v) is 5.82. The normalized spacial score (nSPS) is 17.1. The van der Waals surface area contributed by atoms with E-state index in [1.807, 2.05) is 0 Å². The second kappa shape index (κ2) is 4.89. The average Bonchev–Trinajstić information content (AvgIpc) is 3.10. The van der Waals surface area contributed by atoms with Gasteiger partial charge in [0.25, 0.3) is 0 Å². The minimum absolute atomic E-state index is 0.466. The zero-order valence-electron chi connectivity index (χ0n) is 12.0. The van der Waals surface area contributed by atoms with Gasteiger partial charge in [-0.25, -0.2) is 0 Å². The largest absolute Gasteiger partial charge is 0.490 e. The van der Waals surface area contributed by atoms with Crippen molar-refractivity contribution in [3.63, 3.8) is 0 Å². The van der Waals surface area contributed by atoms with Crippen LogP contribution in [0.5, 0.6) is 5.75 Å². The summed E-state index contributed by atoms with van der Waals surface area (Å²) in [6.07, 6.45) is 5.05. The summed E-state index contributed by atoms with van der Waals surface area (Å²) < 4.78 is 8.16. The van der Waals surface area contributed by atoms with Crippen molar-refractivity contribution < 1.29 is 4.74 Å². The Morgan fingerprint density at radius 1 is 1.32 bits per heavy atom. The zero-order chi connectivity index (χ0) is 13.4. The Kier molecular flexibility index (Phi) is 3.23. The summed E-state index contributed by atoms with van der Waals surface area (Å²) in [6.45, 7) is 3.26. The lowest BCUT2D eigenvalue weighted by atomic mass is 10.2. The number of ether oxygens (including phenoxy) is 1. The Bertz CT molecular complexity index is 569. The van der Waals surface area contributed by atoms with Crippen LogP contribution >= 0.6 is 0 Å². The van der Waals surface area contributed by atoms with Crippen molar-refractivity contribution in [3.8, 4) is 5.75 Å². The minimum atomic E-state index is 0.466. The van der Waals surface area contributed by atoms with Crippen molar-refractivity contribution in [1.82, 2.24) is 9.47 Å². The molecule has 0 saturated heterocycles. The molecular formula is C16H22N2O. The molecule has 3 nitrogen and oxygen atoms in total. The van der Waals surface area contributed by atoms with E-state index >= 15 is 0 Å². The fourth-order valence-electron chi connectivity index (χ4n) is 2.24. The number of hydrogen-bond acceptors (Lipinski definition) is 2. The zero-order valence-corrected chi connectivity index (χ0v) is 12.0. The predicted molar refractivity (Wildman–Crippen MR) is 78.7 cm³/mol. The molecule has 0 radical (unpaired) electrons. The summed E-state index contributed by atoms with van der Waals surface area (Å²) >= 11 is 0. The van der Waals surface area contributed by atoms with Crippen LogP contribution in [0.3, 0.4) is 0 Å². The summed E-state index contributed by atoms with van der Waals surface area (Å²) in [4.78, 5) is 2.25. The number of nitrogens with zero attached hydrogens (tertiary/aromatic N) is 2. The third-order valence-electron chi connectivity index (χ3n) is 3.91. The molecule has 0 amide bonds. The highest BCUT2D eigenvalue weighted by atomic mass is 16.5. The molecule has 1 heterocycles. The average molecular weight is 258 g/mol. The van der Waals surface area contributed by atoms with E-state index < -0.39 is 0 Å². The first-order valence-electron chi connectivity index (χ1n) is 7.05. The summed E-state index contributed by atoms with van der Waals surface area (Å²) in [5.74, 6) is 1.01. The second-order valence-electron chi connectivity index (χ2n) is 5.82. The predicted octanol–water partition coefficient (Wildman–Crippen LogP) is 3.13. The van der Waals surface area contributed by atoms with E-state index in [-0.39, 0.29) is 0 Å². The lowest BCUT2D eigenvalue weighted by molar-refractivity contribution is 0.286. The monoisotopic (exact) mass is 258 g/mol. The van der Waals surface area contributed by atoms with Crippen LogP contribution in [0.15, 0.2) is 30.5 Å². The van der Waals surface area contributed by atoms with E-state index in [1.54, 1.807) is 0 Å². The first-order valence-corrected chi connectivity index (χ1v) is 7.05. The smallest absolute Gasteiger partial charge is 0.120 e. The Hall–Kier alpha value is -1.48. The maximum Gasteiger partial charge on any atom is 0.120 e. The molecule has 1 aromatic heterocycles. The van der Waals surface area contributed by atoms with Gasteiger partial charge in [0.1, 0.15) is 5.75 Å². The molecule has 0 N–H and O–H groups in total. The first kappa shape index (κ1) is 12.5. The Balaban J connectivity index is 1.82. The Morgan fingerprint density at radius 2 is 2.11 bits per heavy atom. The molecule has 0 aliphatic heterocycles. The lowest BCUT2D eigenvalue weighted by Gasteiger charge is -2.20. The number of aromatic nitrogens is 1. The molecular weight excluding hydrogens is 236 g/mol. The van der Waals surface area contributed by atoms with Gasteiger partial charge in [-0.05, 0) is 58.1 Å². The summed E-state index contributed by atoms with van der Waals surface area (Å²) in [5.41, 5.74) is 1.29. The molecule has 0 spiro atoms. The van der Waals surface area contributed by atoms with Gasteiger partial charge >= 0.3 is 0 Å². The highest BCUT2D eigenvalue weighted by molar-refractivity contribution is 5.81. The minimum Gasteiger partial charge on any atom is -0.490 e. The summed E-state index contributed by atoms with van der Waals surface area (Å²) in [5, 5.41) is 1.27. The van der Waals surface area contributed by atoms with Gasteiger partial charge in [-0.15, -0.1) is 0 Å². The molecule has 1 saturated carbocycles. The van der Waals surface area contributed by atoms with Crippen molar-refractivity contribution in [2.45, 2.75) is 38.5 Å². The van der Waals surface area contributed by atoms with Crippen molar-refractivity contribution in [2.24, 2.45) is 0 Å². The van der Waals surface area contributed by atoms with Gasteiger partial charge in [-0.3, -0.25) is 0 Å². The van der Waals surface area contributed by atoms with Crippen molar-refractivity contribution in [1.29, 1.82) is 0 Å². The Morgan fingerprint density at radius 3 is 2.79 bits per heavy atom.